The van der Waals surface area contributed by atoms with Crippen molar-refractivity contribution in [2.45, 2.75) is 0 Å². The maximum Gasteiger partial charge on any atom is 0.144 e. The Morgan fingerprint density at radius 3 is 1.87 bits per heavy atom. The summed E-state index contributed by atoms with van der Waals surface area (Å²) in [5.41, 5.74) is 7.75. The zero-order chi connectivity index (χ0) is 30.9. The number of nitrogens with zero attached hydrogens (tertiary/aromatic N) is 1. The lowest BCUT2D eigenvalue weighted by atomic mass is 10.0. The van der Waals surface area contributed by atoms with Crippen LogP contribution in [0, 0.1) is 0 Å². The Balaban J connectivity index is 1.24. The Bertz CT molecular complexity index is 2790. The molecular weight excluding hydrogens is 591 g/mol. The first-order chi connectivity index (χ1) is 23.3. The molecule has 0 radical (unpaired) electrons. The van der Waals surface area contributed by atoms with Gasteiger partial charge in [0, 0.05) is 42.7 Å². The minimum atomic E-state index is 0.956. The summed E-state index contributed by atoms with van der Waals surface area (Å²) < 4.78 is 9.28. The third kappa shape index (κ3) is 4.04. The van der Waals surface area contributed by atoms with Crippen LogP contribution < -0.4 is 4.90 Å². The molecule has 0 fully saturated rings. The Hall–Kier alpha value is -5.90. The molecule has 0 unspecified atom stereocenters. The molecule has 0 saturated carbocycles. The van der Waals surface area contributed by atoms with Gasteiger partial charge in [-0.15, -0.1) is 11.3 Å². The number of hydrogen-bond acceptors (Lipinski definition) is 3. The minimum absolute atomic E-state index is 0.956. The van der Waals surface area contributed by atoms with Crippen molar-refractivity contribution in [2.75, 3.05) is 4.90 Å². The maximum atomic E-state index is 6.82. The van der Waals surface area contributed by atoms with E-state index in [1.807, 2.05) is 11.3 Å². The van der Waals surface area contributed by atoms with Crippen molar-refractivity contribution in [3.05, 3.63) is 164 Å². The highest BCUT2D eigenvalue weighted by Crippen LogP contribution is 2.49. The van der Waals surface area contributed by atoms with Gasteiger partial charge in [-0.3, -0.25) is 0 Å². The molecule has 3 heteroatoms. The average molecular weight is 618 g/mol. The zero-order valence-electron chi connectivity index (χ0n) is 25.4. The Morgan fingerprint density at radius 1 is 0.404 bits per heavy atom. The Labute approximate surface area is 275 Å². The normalized spacial score (nSPS) is 11.8. The number of hydrogen-bond donors (Lipinski definition) is 0. The average Bonchev–Trinajstić information content (AvgIpc) is 3.72. The second-order valence-corrected chi connectivity index (χ2v) is 13.1. The van der Waals surface area contributed by atoms with Crippen LogP contribution in [0.4, 0.5) is 17.1 Å². The SMILES string of the molecule is c1ccc(-c2ccc(N(c3cccc4ccccc34)c3cccc4c3sc3ccc5c6ccc7ccccc7c6oc5c34)cc2)cc1. The van der Waals surface area contributed by atoms with Crippen LogP contribution in [0.1, 0.15) is 0 Å². The van der Waals surface area contributed by atoms with Crippen LogP contribution in [0.2, 0.25) is 0 Å². The summed E-state index contributed by atoms with van der Waals surface area (Å²) in [6, 6.07) is 58.9. The number of fused-ring (bicyclic) bond motifs is 10. The van der Waals surface area contributed by atoms with Crippen LogP contribution in [0.15, 0.2) is 168 Å². The van der Waals surface area contributed by atoms with Crippen LogP contribution in [-0.4, -0.2) is 0 Å². The first-order valence-electron chi connectivity index (χ1n) is 15.9. The monoisotopic (exact) mass is 617 g/mol. The molecule has 0 aliphatic rings. The molecule has 0 N–H and O–H groups in total. The van der Waals surface area contributed by atoms with Crippen molar-refractivity contribution < 1.29 is 4.42 Å². The van der Waals surface area contributed by atoms with Gasteiger partial charge in [0.25, 0.3) is 0 Å². The molecule has 10 aromatic rings. The summed E-state index contributed by atoms with van der Waals surface area (Å²) in [7, 11) is 0. The van der Waals surface area contributed by atoms with Crippen molar-refractivity contribution in [3.63, 3.8) is 0 Å². The second-order valence-electron chi connectivity index (χ2n) is 12.1. The summed E-state index contributed by atoms with van der Waals surface area (Å²) in [4.78, 5) is 2.43. The zero-order valence-corrected chi connectivity index (χ0v) is 26.2. The predicted octanol–water partition coefficient (Wildman–Crippen LogP) is 13.4. The largest absolute Gasteiger partial charge is 0.455 e. The van der Waals surface area contributed by atoms with Gasteiger partial charge >= 0.3 is 0 Å². The van der Waals surface area contributed by atoms with E-state index >= 15 is 0 Å². The van der Waals surface area contributed by atoms with E-state index in [-0.39, 0.29) is 0 Å². The highest BCUT2D eigenvalue weighted by Gasteiger charge is 2.22. The van der Waals surface area contributed by atoms with Crippen molar-refractivity contribution in [3.8, 4) is 11.1 Å². The molecular formula is C44H27NOS. The summed E-state index contributed by atoms with van der Waals surface area (Å²) in [6.07, 6.45) is 0. The first kappa shape index (κ1) is 26.3. The molecule has 2 heterocycles. The lowest BCUT2D eigenvalue weighted by molar-refractivity contribution is 0.677. The van der Waals surface area contributed by atoms with E-state index in [0.717, 1.165) is 44.4 Å². The van der Waals surface area contributed by atoms with E-state index in [1.165, 1.54) is 47.5 Å². The number of thiophene rings is 1. The van der Waals surface area contributed by atoms with Gasteiger partial charge < -0.3 is 9.32 Å². The fourth-order valence-electron chi connectivity index (χ4n) is 7.25. The predicted molar refractivity (Wildman–Crippen MR) is 202 cm³/mol. The van der Waals surface area contributed by atoms with Crippen LogP contribution in [0.5, 0.6) is 0 Å². The smallest absolute Gasteiger partial charge is 0.144 e. The van der Waals surface area contributed by atoms with Crippen molar-refractivity contribution in [2.24, 2.45) is 0 Å². The van der Waals surface area contributed by atoms with Crippen LogP contribution in [-0.2, 0) is 0 Å². The molecule has 8 aromatic carbocycles. The van der Waals surface area contributed by atoms with Gasteiger partial charge in [0.2, 0.25) is 0 Å². The van der Waals surface area contributed by atoms with E-state index in [9.17, 15) is 0 Å². The second kappa shape index (κ2) is 10.3. The maximum absolute atomic E-state index is 6.82. The third-order valence-corrected chi connectivity index (χ3v) is 10.6. The number of furan rings is 1. The van der Waals surface area contributed by atoms with Gasteiger partial charge in [-0.1, -0.05) is 121 Å². The highest BCUT2D eigenvalue weighted by molar-refractivity contribution is 7.26. The molecule has 0 amide bonds. The van der Waals surface area contributed by atoms with E-state index in [0.29, 0.717) is 0 Å². The van der Waals surface area contributed by atoms with E-state index in [1.54, 1.807) is 0 Å². The fraction of sp³-hybridized carbons (Fsp3) is 0. The standard InChI is InChI=1S/C44H27NOS/c1-2-10-28(11-3-1)29-20-23-32(24-21-29)45(38-18-8-14-30-12-4-6-15-33(30)38)39-19-9-17-37-41-40(47-44(37)39)27-26-36-35-25-22-31-13-5-7-16-34(31)42(35)46-43(36)41/h1-27H. The number of benzene rings is 8. The lowest BCUT2D eigenvalue weighted by Gasteiger charge is -2.27. The molecule has 0 aliphatic carbocycles. The molecule has 47 heavy (non-hydrogen) atoms. The quantitative estimate of drug-likeness (QED) is 0.195. The van der Waals surface area contributed by atoms with Crippen molar-refractivity contribution in [1.29, 1.82) is 0 Å². The molecule has 0 spiro atoms. The lowest BCUT2D eigenvalue weighted by Crippen LogP contribution is -2.10. The van der Waals surface area contributed by atoms with Crippen molar-refractivity contribution in [1.82, 2.24) is 0 Å². The topological polar surface area (TPSA) is 16.4 Å². The Morgan fingerprint density at radius 2 is 1.02 bits per heavy atom. The van der Waals surface area contributed by atoms with E-state index < -0.39 is 0 Å². The van der Waals surface area contributed by atoms with Gasteiger partial charge in [-0.2, -0.15) is 0 Å². The summed E-state index contributed by atoms with van der Waals surface area (Å²) >= 11 is 1.84. The number of rotatable bonds is 4. The van der Waals surface area contributed by atoms with Gasteiger partial charge in [0.1, 0.15) is 11.2 Å². The van der Waals surface area contributed by atoms with Gasteiger partial charge in [-0.05, 0) is 64.4 Å². The Kier molecular flexibility index (Phi) is 5.78. The molecule has 0 atom stereocenters. The van der Waals surface area contributed by atoms with Crippen molar-refractivity contribution >= 4 is 92.1 Å². The summed E-state index contributed by atoms with van der Waals surface area (Å²) in [5, 5.41) is 9.48. The van der Waals surface area contributed by atoms with Gasteiger partial charge in [0.05, 0.1) is 16.1 Å². The molecule has 0 bridgehead atoms. The van der Waals surface area contributed by atoms with Crippen LogP contribution in [0.3, 0.4) is 0 Å². The molecule has 2 aromatic heterocycles. The number of anilines is 3. The molecule has 0 aliphatic heterocycles. The van der Waals surface area contributed by atoms with E-state index in [2.05, 4.69) is 169 Å². The van der Waals surface area contributed by atoms with Crippen LogP contribution in [0.25, 0.3) is 74.8 Å². The van der Waals surface area contributed by atoms with Crippen LogP contribution >= 0.6 is 11.3 Å². The first-order valence-corrected chi connectivity index (χ1v) is 16.7. The summed E-state index contributed by atoms with van der Waals surface area (Å²) in [6.45, 7) is 0. The highest BCUT2D eigenvalue weighted by atomic mass is 32.1. The summed E-state index contributed by atoms with van der Waals surface area (Å²) in [5.74, 6) is 0. The fourth-order valence-corrected chi connectivity index (χ4v) is 8.45. The van der Waals surface area contributed by atoms with Gasteiger partial charge in [0.15, 0.2) is 0 Å². The van der Waals surface area contributed by atoms with Gasteiger partial charge in [-0.25, -0.2) is 0 Å². The third-order valence-electron chi connectivity index (χ3n) is 9.45. The molecule has 10 rings (SSSR count). The minimum Gasteiger partial charge on any atom is -0.455 e. The van der Waals surface area contributed by atoms with E-state index in [4.69, 9.17) is 4.42 Å². The molecule has 0 saturated heterocycles. The molecule has 220 valence electrons. The molecule has 2 nitrogen and oxygen atoms in total.